The largest absolute Gasteiger partial charge is 0.480 e. The van der Waals surface area contributed by atoms with E-state index in [-0.39, 0.29) is 44.5 Å². The van der Waals surface area contributed by atoms with Crippen LogP contribution in [-0.4, -0.2) is 233 Å². The highest BCUT2D eigenvalue weighted by molar-refractivity contribution is 5.91. The second-order valence-corrected chi connectivity index (χ2v) is 21.1. The third kappa shape index (κ3) is 34.8. The predicted octanol–water partition coefficient (Wildman–Crippen LogP) is 5.41. The highest BCUT2D eigenvalue weighted by Crippen LogP contribution is 2.18. The van der Waals surface area contributed by atoms with Crippen LogP contribution < -0.4 is 21.7 Å². The van der Waals surface area contributed by atoms with Crippen LogP contribution in [0.3, 0.4) is 0 Å². The van der Waals surface area contributed by atoms with Gasteiger partial charge in [0.1, 0.15) is 6.61 Å². The van der Waals surface area contributed by atoms with Crippen LogP contribution in [-0.2, 0) is 57.7 Å². The molecule has 3 rings (SSSR count). The maximum Gasteiger partial charge on any atom is 0.407 e. The van der Waals surface area contributed by atoms with Gasteiger partial charge in [0.2, 0.25) is 11.8 Å². The van der Waals surface area contributed by atoms with Crippen molar-refractivity contribution in [2.75, 3.05) is 128 Å². The zero-order valence-electron chi connectivity index (χ0n) is 51.3. The molecule has 24 heteroatoms. The Labute approximate surface area is 508 Å². The molecule has 0 aromatic heterocycles. The van der Waals surface area contributed by atoms with Crippen molar-refractivity contribution in [3.05, 3.63) is 95.6 Å². The van der Waals surface area contributed by atoms with Gasteiger partial charge in [-0.2, -0.15) is 0 Å². The Bertz CT molecular complexity index is 2400. The molecule has 0 fully saturated rings. The summed E-state index contributed by atoms with van der Waals surface area (Å²) in [6.45, 7) is 17.8. The van der Waals surface area contributed by atoms with Gasteiger partial charge in [0.05, 0.1) is 32.7 Å². The number of hydrogen-bond donors (Lipinski definition) is 9. The fourth-order valence-electron chi connectivity index (χ4n) is 9.72. The normalized spacial score (nSPS) is 12.0. The first-order valence-electron chi connectivity index (χ1n) is 30.1. The van der Waals surface area contributed by atoms with Crippen LogP contribution in [0.5, 0.6) is 0 Å². The first kappa shape index (κ1) is 75.0. The van der Waals surface area contributed by atoms with E-state index < -0.39 is 74.7 Å². The summed E-state index contributed by atoms with van der Waals surface area (Å²) in [6.07, 6.45) is 6.30. The number of carboxylic acids is 5. The highest BCUT2D eigenvalue weighted by Gasteiger charge is 2.28. The van der Waals surface area contributed by atoms with Gasteiger partial charge in [-0.1, -0.05) is 102 Å². The van der Waals surface area contributed by atoms with E-state index in [1.165, 1.54) is 15.4 Å². The molecule has 0 saturated heterocycles. The topological polar surface area (TPSA) is 328 Å². The lowest BCUT2D eigenvalue weighted by Crippen LogP contribution is -2.51. The van der Waals surface area contributed by atoms with Gasteiger partial charge in [0.25, 0.3) is 0 Å². The summed E-state index contributed by atoms with van der Waals surface area (Å²) in [5.74, 6) is -6.53. The van der Waals surface area contributed by atoms with E-state index in [1.54, 1.807) is 24.3 Å². The lowest BCUT2D eigenvalue weighted by atomic mass is 10.0. The van der Waals surface area contributed by atoms with Gasteiger partial charge in [-0.05, 0) is 119 Å². The Balaban J connectivity index is 0.000000587. The molecule has 0 spiro atoms. The quantitative estimate of drug-likeness (QED) is 0.0319. The number of carboxylic acid groups (broad SMARTS) is 5. The van der Waals surface area contributed by atoms with Crippen molar-refractivity contribution in [1.82, 2.24) is 34.7 Å². The summed E-state index contributed by atoms with van der Waals surface area (Å²) in [5, 5.41) is 55.1. The molecule has 0 aliphatic rings. The standard InChI is InChI=1S/C35H57N5O3.C27H41N5O11/c1-6-38(7-2)25-26-39(8-3)28-33(40(9-4)10-5)27-30-20-22-32(23-21-30)37-34(41)19-15-12-16-24-36-35(42)43-29-31-17-13-11-14-18-31;28-9-3-1-2-4-22(33)29-20-7-5-19(6-8-20)12-21(32(17-26(40)41)18-27(42)43)13-30(14-23(34)35)10-11-31(15-24(36)37)16-25(38)39/h11,13-14,17-18,20-23,33H,6-10,12,15-16,19,24-29H2,1-5H3,(H,36,42)(H,37,41);5-8,21H,1-4,9-18,28H2,(H,29,33)(H,34,35)(H,36,37)(H,38,39)(H,40,41)(H,42,43). The van der Waals surface area contributed by atoms with Crippen LogP contribution in [0.25, 0.3) is 0 Å². The number of anilines is 2. The second-order valence-electron chi connectivity index (χ2n) is 21.1. The Hall–Kier alpha value is -7.06. The van der Waals surface area contributed by atoms with Crippen LogP contribution in [0.2, 0.25) is 0 Å². The van der Waals surface area contributed by atoms with Crippen LogP contribution in [0.1, 0.15) is 103 Å². The molecule has 0 aliphatic heterocycles. The molecule has 3 aromatic carbocycles. The van der Waals surface area contributed by atoms with Crippen molar-refractivity contribution in [1.29, 1.82) is 0 Å². The lowest BCUT2D eigenvalue weighted by molar-refractivity contribution is -0.144. The average molecular weight is 1210 g/mol. The summed E-state index contributed by atoms with van der Waals surface area (Å²) < 4.78 is 5.22. The Morgan fingerprint density at radius 2 is 0.872 bits per heavy atom. The minimum absolute atomic E-state index is 0.0239. The fraction of sp³-hybridized carbons (Fsp3) is 0.581. The smallest absolute Gasteiger partial charge is 0.407 e. The first-order chi connectivity index (χ1) is 41.2. The highest BCUT2D eigenvalue weighted by atomic mass is 16.5. The van der Waals surface area contributed by atoms with Gasteiger partial charge < -0.3 is 61.8 Å². The fourth-order valence-corrected chi connectivity index (χ4v) is 9.72. The van der Waals surface area contributed by atoms with Gasteiger partial charge >= 0.3 is 35.9 Å². The first-order valence-corrected chi connectivity index (χ1v) is 30.1. The summed E-state index contributed by atoms with van der Waals surface area (Å²) in [4.78, 5) is 105. The zero-order chi connectivity index (χ0) is 63.7. The second kappa shape index (κ2) is 44.4. The lowest BCUT2D eigenvalue weighted by Gasteiger charge is -2.35. The summed E-state index contributed by atoms with van der Waals surface area (Å²) in [6, 6.07) is 24.3. The number of alkyl carbamates (subject to hydrolysis) is 1. The van der Waals surface area contributed by atoms with Crippen molar-refractivity contribution in [3.8, 4) is 0 Å². The van der Waals surface area contributed by atoms with Gasteiger partial charge in [-0.25, -0.2) is 4.79 Å². The number of aliphatic carboxylic acids is 5. The summed E-state index contributed by atoms with van der Waals surface area (Å²) >= 11 is 0. The number of nitrogens with one attached hydrogen (secondary N) is 3. The Morgan fingerprint density at radius 1 is 0.453 bits per heavy atom. The number of nitrogens with zero attached hydrogens (tertiary/aromatic N) is 6. The number of nitrogens with two attached hydrogens (primary N) is 1. The minimum atomic E-state index is -1.30. The number of likely N-dealkylation sites (N-methyl/N-ethyl adjacent to an activating group) is 3. The number of hydrogen-bond acceptors (Lipinski definition) is 16. The summed E-state index contributed by atoms with van der Waals surface area (Å²) in [7, 11) is 0. The molecular formula is C62H98N10O14. The van der Waals surface area contributed by atoms with Gasteiger partial charge in [-0.3, -0.25) is 53.2 Å². The van der Waals surface area contributed by atoms with E-state index in [0.29, 0.717) is 49.6 Å². The number of benzene rings is 3. The molecule has 2 atom stereocenters. The molecule has 3 amide bonds. The molecule has 0 heterocycles. The molecule has 10 N–H and O–H groups in total. The number of rotatable bonds is 46. The molecule has 0 saturated carbocycles. The average Bonchev–Trinajstić information content (AvgIpc) is 3.68. The van der Waals surface area contributed by atoms with Gasteiger partial charge in [0.15, 0.2) is 0 Å². The Morgan fingerprint density at radius 3 is 1.33 bits per heavy atom. The maximum absolute atomic E-state index is 12.5. The summed E-state index contributed by atoms with van der Waals surface area (Å²) in [5.41, 5.74) is 9.73. The number of ether oxygens (including phenoxy) is 1. The van der Waals surface area contributed by atoms with Crippen molar-refractivity contribution in [2.24, 2.45) is 5.73 Å². The minimum Gasteiger partial charge on any atom is -0.480 e. The van der Waals surface area contributed by atoms with Crippen molar-refractivity contribution in [2.45, 2.75) is 118 Å². The van der Waals surface area contributed by atoms with Gasteiger partial charge in [0, 0.05) is 82.1 Å². The van der Waals surface area contributed by atoms with Gasteiger partial charge in [-0.15, -0.1) is 0 Å². The van der Waals surface area contributed by atoms with Crippen LogP contribution in [0, 0.1) is 0 Å². The van der Waals surface area contributed by atoms with Crippen LogP contribution >= 0.6 is 0 Å². The van der Waals surface area contributed by atoms with Crippen molar-refractivity contribution in [3.63, 3.8) is 0 Å². The molecule has 0 aliphatic carbocycles. The molecule has 24 nitrogen and oxygen atoms in total. The van der Waals surface area contributed by atoms with E-state index in [4.69, 9.17) is 20.7 Å². The number of carbonyl (C=O) groups is 8. The molecule has 0 bridgehead atoms. The number of amides is 3. The monoisotopic (exact) mass is 1210 g/mol. The zero-order valence-corrected chi connectivity index (χ0v) is 51.3. The van der Waals surface area contributed by atoms with Crippen LogP contribution in [0.4, 0.5) is 16.2 Å². The van der Waals surface area contributed by atoms with Crippen LogP contribution in [0.15, 0.2) is 78.9 Å². The molecule has 0 radical (unpaired) electrons. The third-order valence-corrected chi connectivity index (χ3v) is 14.4. The molecule has 2 unspecified atom stereocenters. The maximum atomic E-state index is 12.5. The van der Waals surface area contributed by atoms with E-state index >= 15 is 0 Å². The van der Waals surface area contributed by atoms with E-state index in [1.807, 2.05) is 42.5 Å². The van der Waals surface area contributed by atoms with Crippen molar-refractivity contribution < 1.29 is 68.6 Å². The molecule has 480 valence electrons. The Kier molecular flexibility index (Phi) is 38.7. The third-order valence-electron chi connectivity index (χ3n) is 14.4. The number of unbranched alkanes of at least 4 members (excludes halogenated alkanes) is 4. The molecule has 3 aromatic rings. The SMILES string of the molecule is CCN(CC)CCN(CC)CC(Cc1ccc(NC(=O)CCCCCNC(=O)OCc2ccccc2)cc1)N(CC)CC.NCCCCCC(=O)Nc1ccc(CC(CN(CCN(CC(=O)O)CC(=O)O)CC(=O)O)N(CC(=O)O)CC(=O)O)cc1. The van der Waals surface area contributed by atoms with E-state index in [2.05, 4.69) is 77.4 Å². The molecule has 86 heavy (non-hydrogen) atoms. The number of carbonyl (C=O) groups excluding carboxylic acids is 3. The van der Waals surface area contributed by atoms with E-state index in [9.17, 15) is 53.7 Å². The van der Waals surface area contributed by atoms with Crippen molar-refractivity contribution >= 4 is 59.1 Å². The van der Waals surface area contributed by atoms with E-state index in [0.717, 1.165) is 107 Å². The predicted molar refractivity (Wildman–Crippen MR) is 331 cm³/mol. The molecular weight excluding hydrogens is 1110 g/mol.